The summed E-state index contributed by atoms with van der Waals surface area (Å²) < 4.78 is 0. The molecule has 1 aromatic rings. The van der Waals surface area contributed by atoms with Crippen LogP contribution < -0.4 is 0 Å². The zero-order chi connectivity index (χ0) is 15.8. The van der Waals surface area contributed by atoms with Crippen LogP contribution in [0.5, 0.6) is 0 Å². The molecule has 1 rings (SSSR count). The van der Waals surface area contributed by atoms with Gasteiger partial charge in [0.15, 0.2) is 0 Å². The Morgan fingerprint density at radius 2 is 1.26 bits per heavy atom. The minimum atomic E-state index is 0.167. The van der Waals surface area contributed by atoms with E-state index in [9.17, 15) is 4.79 Å². The van der Waals surface area contributed by atoms with Gasteiger partial charge in [0, 0.05) is 0 Å². The molecule has 1 nitrogen and oxygen atoms in total. The number of aryl methyl sites for hydroxylation is 3. The monoisotopic (exact) mass is 266 g/mol. The maximum absolute atomic E-state index is 9.44. The molecule has 0 aromatic heterocycles. The van der Waals surface area contributed by atoms with Gasteiger partial charge in [-0.2, -0.15) is 0 Å². The summed E-state index contributed by atoms with van der Waals surface area (Å²) in [6, 6.07) is 6.50. The number of carbonyl (C=O) groups excluding carboxylic acids is 1. The molecule has 0 atom stereocenters. The number of carbonyl (C=O) groups is 1. The quantitative estimate of drug-likeness (QED) is 0.605. The van der Waals surface area contributed by atoms with Crippen LogP contribution in [0.25, 0.3) is 0 Å². The van der Waals surface area contributed by atoms with Gasteiger partial charge >= 0.3 is 0 Å². The molecule has 0 heterocycles. The third-order valence-electron chi connectivity index (χ3n) is 2.16. The number of hydrogen-bond donors (Lipinski definition) is 0. The molecular formula is C18H34O. The van der Waals surface area contributed by atoms with Gasteiger partial charge in [-0.15, -0.1) is 0 Å². The second kappa shape index (κ2) is 16.9. The van der Waals surface area contributed by atoms with Gasteiger partial charge < -0.3 is 4.79 Å². The van der Waals surface area contributed by atoms with E-state index in [4.69, 9.17) is 0 Å². The molecule has 0 aliphatic heterocycles. The largest absolute Gasteiger partial charge is 0.300 e. The molecule has 0 unspecified atom stereocenters. The van der Waals surface area contributed by atoms with E-state index in [2.05, 4.69) is 52.8 Å². The van der Waals surface area contributed by atoms with Crippen molar-refractivity contribution in [2.24, 2.45) is 0 Å². The predicted molar refractivity (Wildman–Crippen MR) is 88.9 cm³/mol. The first-order chi connectivity index (χ1) is 8.84. The van der Waals surface area contributed by atoms with Crippen LogP contribution in [0.1, 0.15) is 71.1 Å². The summed E-state index contributed by atoms with van der Waals surface area (Å²) in [5.41, 5.74) is 4.11. The van der Waals surface area contributed by atoms with Gasteiger partial charge in [0.1, 0.15) is 5.78 Å². The van der Waals surface area contributed by atoms with Crippen LogP contribution in [-0.2, 0) is 4.79 Å². The fraction of sp³-hybridized carbons (Fsp3) is 0.611. The number of ketones is 1. The molecule has 0 bridgehead atoms. The Hall–Kier alpha value is -1.11. The zero-order valence-electron chi connectivity index (χ0n) is 14.6. The lowest BCUT2D eigenvalue weighted by Crippen LogP contribution is -1.79. The van der Waals surface area contributed by atoms with Crippen LogP contribution >= 0.6 is 0 Å². The summed E-state index contributed by atoms with van der Waals surface area (Å²) in [4.78, 5) is 9.44. The molecule has 0 aliphatic carbocycles. The first-order valence-corrected chi connectivity index (χ1v) is 7.36. The first kappa shape index (κ1) is 23.0. The van der Waals surface area contributed by atoms with E-state index in [1.165, 1.54) is 43.4 Å². The molecule has 1 aromatic carbocycles. The predicted octanol–water partition coefficient (Wildman–Crippen LogP) is 6.04. The molecule has 112 valence electrons. The molecule has 0 saturated heterocycles. The first-order valence-electron chi connectivity index (χ1n) is 7.36. The topological polar surface area (TPSA) is 17.1 Å². The minimum Gasteiger partial charge on any atom is -0.300 e. The lowest BCUT2D eigenvalue weighted by atomic mass is 10.1. The summed E-state index contributed by atoms with van der Waals surface area (Å²) in [5.74, 6) is 0.167. The zero-order valence-corrected chi connectivity index (χ0v) is 14.6. The van der Waals surface area contributed by atoms with Crippen molar-refractivity contribution >= 4 is 5.78 Å². The number of benzene rings is 1. The number of rotatable bonds is 1. The Balaban J connectivity index is -0.000000217. The molecular weight excluding hydrogens is 232 g/mol. The van der Waals surface area contributed by atoms with Crippen LogP contribution in [0.2, 0.25) is 0 Å². The van der Waals surface area contributed by atoms with Crippen molar-refractivity contribution in [3.63, 3.8) is 0 Å². The highest BCUT2D eigenvalue weighted by molar-refractivity contribution is 5.72. The van der Waals surface area contributed by atoms with Gasteiger partial charge in [0.25, 0.3) is 0 Å². The Labute approximate surface area is 121 Å². The number of Topliss-reactive ketones (excluding diaryl/α,β-unsaturated/α-hetero) is 1. The fourth-order valence-electron chi connectivity index (χ4n) is 0.891. The van der Waals surface area contributed by atoms with E-state index in [1.807, 2.05) is 13.8 Å². The van der Waals surface area contributed by atoms with E-state index in [-0.39, 0.29) is 5.78 Å². The summed E-state index contributed by atoms with van der Waals surface area (Å²) in [6.45, 7) is 17.8. The Morgan fingerprint density at radius 3 is 1.47 bits per heavy atom. The highest BCUT2D eigenvalue weighted by atomic mass is 16.1. The van der Waals surface area contributed by atoms with Crippen molar-refractivity contribution in [2.45, 2.75) is 75.2 Å². The van der Waals surface area contributed by atoms with Crippen LogP contribution in [-0.4, -0.2) is 5.78 Å². The highest BCUT2D eigenvalue weighted by Gasteiger charge is 1.89. The van der Waals surface area contributed by atoms with E-state index in [0.29, 0.717) is 0 Å². The third-order valence-corrected chi connectivity index (χ3v) is 2.16. The Bertz CT molecular complexity index is 307. The average molecular weight is 266 g/mol. The van der Waals surface area contributed by atoms with Gasteiger partial charge in [-0.1, -0.05) is 64.3 Å². The molecule has 0 N–H and O–H groups in total. The van der Waals surface area contributed by atoms with Crippen LogP contribution in [0, 0.1) is 20.8 Å². The SMILES string of the molecule is CC.CC(C)=O.CCCC.Cc1ccc(C)c(C)c1. The standard InChI is InChI=1S/C9H12.C4H10.C3H6O.C2H6/c1-7-4-5-8(2)9(3)6-7;1-3-4-2;1-3(2)4;1-2/h4-6H,1-3H3;3-4H2,1-2H3;1-2H3;1-2H3. The molecule has 0 radical (unpaired) electrons. The van der Waals surface area contributed by atoms with Crippen molar-refractivity contribution in [2.75, 3.05) is 0 Å². The van der Waals surface area contributed by atoms with E-state index in [1.54, 1.807) is 0 Å². The summed E-state index contributed by atoms with van der Waals surface area (Å²) in [5, 5.41) is 0. The number of unbranched alkanes of at least 4 members (excludes halogenated alkanes) is 1. The van der Waals surface area contributed by atoms with Gasteiger partial charge in [0.05, 0.1) is 0 Å². The molecule has 0 spiro atoms. The van der Waals surface area contributed by atoms with Gasteiger partial charge in [-0.05, 0) is 45.7 Å². The molecule has 19 heavy (non-hydrogen) atoms. The van der Waals surface area contributed by atoms with Gasteiger partial charge in [-0.3, -0.25) is 0 Å². The minimum absolute atomic E-state index is 0.167. The van der Waals surface area contributed by atoms with Crippen LogP contribution in [0.15, 0.2) is 18.2 Å². The smallest absolute Gasteiger partial charge is 0.126 e. The van der Waals surface area contributed by atoms with E-state index >= 15 is 0 Å². The molecule has 1 heteroatoms. The second-order valence-electron chi connectivity index (χ2n) is 4.50. The Kier molecular flexibility index (Phi) is 20.5. The summed E-state index contributed by atoms with van der Waals surface area (Å²) >= 11 is 0. The number of hydrogen-bond acceptors (Lipinski definition) is 1. The van der Waals surface area contributed by atoms with E-state index in [0.717, 1.165) is 0 Å². The maximum atomic E-state index is 9.44. The maximum Gasteiger partial charge on any atom is 0.126 e. The normalized spacial score (nSPS) is 7.84. The van der Waals surface area contributed by atoms with Crippen LogP contribution in [0.3, 0.4) is 0 Å². The van der Waals surface area contributed by atoms with Crippen molar-refractivity contribution in [1.82, 2.24) is 0 Å². The fourth-order valence-corrected chi connectivity index (χ4v) is 0.891. The van der Waals surface area contributed by atoms with Crippen molar-refractivity contribution in [1.29, 1.82) is 0 Å². The van der Waals surface area contributed by atoms with Gasteiger partial charge in [0.2, 0.25) is 0 Å². The summed E-state index contributed by atoms with van der Waals surface area (Å²) in [7, 11) is 0. The van der Waals surface area contributed by atoms with Gasteiger partial charge in [-0.25, -0.2) is 0 Å². The van der Waals surface area contributed by atoms with E-state index < -0.39 is 0 Å². The molecule has 0 aliphatic rings. The molecule has 0 amide bonds. The molecule has 0 fully saturated rings. The lowest BCUT2D eigenvalue weighted by Gasteiger charge is -1.98. The lowest BCUT2D eigenvalue weighted by molar-refractivity contribution is -0.114. The summed E-state index contributed by atoms with van der Waals surface area (Å²) in [6.07, 6.45) is 2.64. The average Bonchev–Trinajstić information content (AvgIpc) is 2.36. The van der Waals surface area contributed by atoms with Crippen molar-refractivity contribution < 1.29 is 4.79 Å². The third kappa shape index (κ3) is 22.5. The van der Waals surface area contributed by atoms with Crippen molar-refractivity contribution in [3.05, 3.63) is 34.9 Å². The second-order valence-corrected chi connectivity index (χ2v) is 4.50. The van der Waals surface area contributed by atoms with Crippen molar-refractivity contribution in [3.8, 4) is 0 Å². The Morgan fingerprint density at radius 1 is 0.895 bits per heavy atom. The highest BCUT2D eigenvalue weighted by Crippen LogP contribution is 2.07. The molecule has 0 saturated carbocycles. The van der Waals surface area contributed by atoms with Crippen LogP contribution in [0.4, 0.5) is 0 Å².